The summed E-state index contributed by atoms with van der Waals surface area (Å²) in [6, 6.07) is 3.86. The van der Waals surface area contributed by atoms with Crippen LogP contribution in [0.3, 0.4) is 0 Å². The number of rotatable bonds is 3. The molecule has 0 unspecified atom stereocenters. The summed E-state index contributed by atoms with van der Waals surface area (Å²) in [6.45, 7) is 0.804. The molecule has 2 aliphatic rings. The minimum atomic E-state index is 0.221. The molecule has 1 fully saturated rings. The van der Waals surface area contributed by atoms with Crippen LogP contribution in [-0.4, -0.2) is 26.7 Å². The summed E-state index contributed by atoms with van der Waals surface area (Å²) in [5.41, 5.74) is 2.11. The summed E-state index contributed by atoms with van der Waals surface area (Å²) in [4.78, 5) is 14.5. The Labute approximate surface area is 119 Å². The Balaban J connectivity index is 1.99. The lowest BCUT2D eigenvalue weighted by Crippen LogP contribution is -2.41. The van der Waals surface area contributed by atoms with Gasteiger partial charge in [-0.2, -0.15) is 0 Å². The molecule has 108 valence electrons. The highest BCUT2D eigenvalue weighted by Crippen LogP contribution is 2.40. The number of benzene rings is 1. The van der Waals surface area contributed by atoms with Crippen LogP contribution in [0.2, 0.25) is 0 Å². The fraction of sp³-hybridized carbons (Fsp3) is 0.562. The fourth-order valence-corrected chi connectivity index (χ4v) is 3.04. The van der Waals surface area contributed by atoms with E-state index in [4.69, 9.17) is 9.47 Å². The van der Waals surface area contributed by atoms with Gasteiger partial charge < -0.3 is 14.4 Å². The molecule has 3 rings (SSSR count). The monoisotopic (exact) mass is 275 g/mol. The molecule has 0 N–H and O–H groups in total. The molecule has 20 heavy (non-hydrogen) atoms. The van der Waals surface area contributed by atoms with Crippen molar-refractivity contribution in [3.05, 3.63) is 17.7 Å². The molecule has 0 radical (unpaired) electrons. The zero-order chi connectivity index (χ0) is 14.1. The van der Waals surface area contributed by atoms with Crippen LogP contribution in [-0.2, 0) is 11.2 Å². The minimum absolute atomic E-state index is 0.221. The maximum absolute atomic E-state index is 12.6. The van der Waals surface area contributed by atoms with Crippen LogP contribution >= 0.6 is 0 Å². The number of carbonyl (C=O) groups is 1. The second kappa shape index (κ2) is 5.35. The Kier molecular flexibility index (Phi) is 3.55. The molecule has 1 amide bonds. The van der Waals surface area contributed by atoms with E-state index in [-0.39, 0.29) is 11.8 Å². The van der Waals surface area contributed by atoms with Crippen molar-refractivity contribution in [2.45, 2.75) is 32.1 Å². The molecule has 1 heterocycles. The number of ether oxygens (including phenoxy) is 2. The van der Waals surface area contributed by atoms with Gasteiger partial charge >= 0.3 is 0 Å². The molecule has 4 nitrogen and oxygen atoms in total. The van der Waals surface area contributed by atoms with Gasteiger partial charge in [0.2, 0.25) is 5.91 Å². The SMILES string of the molecule is COc1cc(OC)c2c(c1)N(C(=O)C1CCC1)CCC2. The number of methoxy groups -OCH3 is 2. The zero-order valence-corrected chi connectivity index (χ0v) is 12.1. The summed E-state index contributed by atoms with van der Waals surface area (Å²) in [7, 11) is 3.31. The second-order valence-electron chi connectivity index (χ2n) is 5.55. The molecule has 1 aromatic carbocycles. The van der Waals surface area contributed by atoms with E-state index < -0.39 is 0 Å². The normalized spacial score (nSPS) is 18.2. The average molecular weight is 275 g/mol. The van der Waals surface area contributed by atoms with Gasteiger partial charge in [0.25, 0.3) is 0 Å². The van der Waals surface area contributed by atoms with E-state index >= 15 is 0 Å². The molecule has 0 aromatic heterocycles. The molecule has 1 aliphatic carbocycles. The topological polar surface area (TPSA) is 38.8 Å². The average Bonchev–Trinajstić information content (AvgIpc) is 2.43. The van der Waals surface area contributed by atoms with Crippen molar-refractivity contribution >= 4 is 11.6 Å². The van der Waals surface area contributed by atoms with Gasteiger partial charge in [-0.1, -0.05) is 6.42 Å². The van der Waals surface area contributed by atoms with E-state index in [9.17, 15) is 4.79 Å². The predicted molar refractivity (Wildman–Crippen MR) is 77.6 cm³/mol. The fourth-order valence-electron chi connectivity index (χ4n) is 3.04. The molecule has 0 saturated heterocycles. The van der Waals surface area contributed by atoms with Crippen LogP contribution in [0, 0.1) is 5.92 Å². The van der Waals surface area contributed by atoms with Gasteiger partial charge in [0, 0.05) is 30.2 Å². The quantitative estimate of drug-likeness (QED) is 0.851. The van der Waals surface area contributed by atoms with Gasteiger partial charge in [-0.05, 0) is 25.7 Å². The van der Waals surface area contributed by atoms with Crippen molar-refractivity contribution in [1.82, 2.24) is 0 Å². The molecular formula is C16H21NO3. The zero-order valence-electron chi connectivity index (χ0n) is 12.1. The molecule has 0 spiro atoms. The summed E-state index contributed by atoms with van der Waals surface area (Å²) in [5.74, 6) is 2.06. The van der Waals surface area contributed by atoms with Crippen LogP contribution < -0.4 is 14.4 Å². The largest absolute Gasteiger partial charge is 0.497 e. The van der Waals surface area contributed by atoms with Crippen molar-refractivity contribution in [2.24, 2.45) is 5.92 Å². The lowest BCUT2D eigenvalue weighted by Gasteiger charge is -2.35. The van der Waals surface area contributed by atoms with E-state index in [2.05, 4.69) is 0 Å². The molecular weight excluding hydrogens is 254 g/mol. The van der Waals surface area contributed by atoms with Crippen LogP contribution in [0.5, 0.6) is 11.5 Å². The van der Waals surface area contributed by atoms with E-state index in [1.54, 1.807) is 14.2 Å². The van der Waals surface area contributed by atoms with E-state index in [1.807, 2.05) is 17.0 Å². The first-order chi connectivity index (χ1) is 9.74. The van der Waals surface area contributed by atoms with Crippen molar-refractivity contribution in [3.63, 3.8) is 0 Å². The lowest BCUT2D eigenvalue weighted by atomic mass is 9.83. The van der Waals surface area contributed by atoms with E-state index in [1.165, 1.54) is 6.42 Å². The summed E-state index contributed by atoms with van der Waals surface area (Å²) < 4.78 is 10.8. The Morgan fingerprint density at radius 3 is 2.60 bits per heavy atom. The van der Waals surface area contributed by atoms with Gasteiger partial charge in [0.05, 0.1) is 19.9 Å². The first kappa shape index (κ1) is 13.3. The third-order valence-corrected chi connectivity index (χ3v) is 4.43. The number of anilines is 1. The van der Waals surface area contributed by atoms with Gasteiger partial charge in [-0.3, -0.25) is 4.79 Å². The summed E-state index contributed by atoms with van der Waals surface area (Å²) >= 11 is 0. The predicted octanol–water partition coefficient (Wildman–Crippen LogP) is 2.78. The van der Waals surface area contributed by atoms with Crippen molar-refractivity contribution < 1.29 is 14.3 Å². The Hall–Kier alpha value is -1.71. The number of hydrogen-bond acceptors (Lipinski definition) is 3. The molecule has 1 saturated carbocycles. The van der Waals surface area contributed by atoms with E-state index in [0.717, 1.165) is 55.0 Å². The third kappa shape index (κ3) is 2.13. The number of nitrogens with zero attached hydrogens (tertiary/aromatic N) is 1. The number of hydrogen-bond donors (Lipinski definition) is 0. The number of fused-ring (bicyclic) bond motifs is 1. The molecule has 4 heteroatoms. The van der Waals surface area contributed by atoms with Crippen LogP contribution in [0.25, 0.3) is 0 Å². The van der Waals surface area contributed by atoms with Crippen LogP contribution in [0.4, 0.5) is 5.69 Å². The molecule has 0 bridgehead atoms. The van der Waals surface area contributed by atoms with E-state index in [0.29, 0.717) is 0 Å². The number of carbonyl (C=O) groups excluding carboxylic acids is 1. The van der Waals surface area contributed by atoms with Gasteiger partial charge in [-0.25, -0.2) is 0 Å². The minimum Gasteiger partial charge on any atom is -0.497 e. The maximum Gasteiger partial charge on any atom is 0.230 e. The summed E-state index contributed by atoms with van der Waals surface area (Å²) in [5, 5.41) is 0. The Bertz CT molecular complexity index is 523. The maximum atomic E-state index is 12.6. The highest BCUT2D eigenvalue weighted by molar-refractivity contribution is 5.97. The van der Waals surface area contributed by atoms with Crippen LogP contribution in [0.15, 0.2) is 12.1 Å². The van der Waals surface area contributed by atoms with Gasteiger partial charge in [0.1, 0.15) is 11.5 Å². The lowest BCUT2D eigenvalue weighted by molar-refractivity contribution is -0.124. The highest BCUT2D eigenvalue weighted by atomic mass is 16.5. The second-order valence-corrected chi connectivity index (χ2v) is 5.55. The molecule has 1 aliphatic heterocycles. The summed E-state index contributed by atoms with van der Waals surface area (Å²) in [6.07, 6.45) is 5.20. The standard InChI is InChI=1S/C16H21NO3/c1-19-12-9-14-13(15(10-12)20-2)7-4-8-17(14)16(18)11-5-3-6-11/h9-11H,3-8H2,1-2H3. The van der Waals surface area contributed by atoms with Gasteiger partial charge in [0.15, 0.2) is 0 Å². The van der Waals surface area contributed by atoms with Crippen molar-refractivity contribution in [1.29, 1.82) is 0 Å². The van der Waals surface area contributed by atoms with Crippen molar-refractivity contribution in [2.75, 3.05) is 25.7 Å². The Morgan fingerprint density at radius 1 is 1.20 bits per heavy atom. The Morgan fingerprint density at radius 2 is 2.00 bits per heavy atom. The van der Waals surface area contributed by atoms with Crippen molar-refractivity contribution in [3.8, 4) is 11.5 Å². The number of amides is 1. The smallest absolute Gasteiger partial charge is 0.230 e. The third-order valence-electron chi connectivity index (χ3n) is 4.43. The molecule has 1 aromatic rings. The van der Waals surface area contributed by atoms with Gasteiger partial charge in [-0.15, -0.1) is 0 Å². The van der Waals surface area contributed by atoms with Crippen LogP contribution in [0.1, 0.15) is 31.2 Å². The highest BCUT2D eigenvalue weighted by Gasteiger charge is 2.33. The first-order valence-electron chi connectivity index (χ1n) is 7.31. The first-order valence-corrected chi connectivity index (χ1v) is 7.31. The molecule has 0 atom stereocenters.